The van der Waals surface area contributed by atoms with Gasteiger partial charge in [0.2, 0.25) is 0 Å². The molecule has 226 valence electrons. The molecule has 5 rings (SSSR count). The highest BCUT2D eigenvalue weighted by molar-refractivity contribution is 5.64. The highest BCUT2D eigenvalue weighted by atomic mass is 19.4. The van der Waals surface area contributed by atoms with E-state index < -0.39 is 58.7 Å². The lowest BCUT2D eigenvalue weighted by Gasteiger charge is -2.24. The standard InChI is InChI=1S/C28H21F9O5/c1-2-11-24-14-38-27(41-24,39-15-24)19-9-5-17(6-10-19)16-3-7-18(8-4-16)25(31,32)40-20-12-21(29)23(22(30)13-20)26(33,34)42-28(35,36)37/h3-10,12-13H,2,11,14-15H2,1H3. The fourth-order valence-corrected chi connectivity index (χ4v) is 4.83. The summed E-state index contributed by atoms with van der Waals surface area (Å²) in [7, 11) is 0. The molecule has 3 aromatic carbocycles. The molecule has 0 N–H and O–H groups in total. The van der Waals surface area contributed by atoms with Crippen LogP contribution >= 0.6 is 0 Å². The van der Waals surface area contributed by atoms with E-state index in [-0.39, 0.29) is 12.1 Å². The molecule has 0 amide bonds. The first kappa shape index (κ1) is 30.1. The number of fused-ring (bicyclic) bond motifs is 2. The Morgan fingerprint density at radius 3 is 1.79 bits per heavy atom. The van der Waals surface area contributed by atoms with Crippen molar-refractivity contribution in [2.24, 2.45) is 0 Å². The molecule has 5 nitrogen and oxygen atoms in total. The summed E-state index contributed by atoms with van der Waals surface area (Å²) >= 11 is 0. The van der Waals surface area contributed by atoms with Crippen molar-refractivity contribution in [3.05, 3.63) is 89.0 Å². The molecule has 2 heterocycles. The Morgan fingerprint density at radius 1 is 0.762 bits per heavy atom. The number of alkyl halides is 7. The normalized spacial score (nSPS) is 22.5. The van der Waals surface area contributed by atoms with Gasteiger partial charge >= 0.3 is 24.6 Å². The van der Waals surface area contributed by atoms with E-state index in [9.17, 15) is 39.5 Å². The van der Waals surface area contributed by atoms with Crippen molar-refractivity contribution in [1.29, 1.82) is 0 Å². The summed E-state index contributed by atoms with van der Waals surface area (Å²) in [5.74, 6) is -7.15. The fraction of sp³-hybridized carbons (Fsp3) is 0.357. The van der Waals surface area contributed by atoms with Crippen LogP contribution in [0.15, 0.2) is 60.7 Å². The highest BCUT2D eigenvalue weighted by Crippen LogP contribution is 2.49. The van der Waals surface area contributed by atoms with Gasteiger partial charge in [-0.05, 0) is 29.7 Å². The zero-order valence-corrected chi connectivity index (χ0v) is 21.5. The monoisotopic (exact) mass is 608 g/mol. The quantitative estimate of drug-likeness (QED) is 0.230. The Labute approximate surface area is 232 Å². The van der Waals surface area contributed by atoms with Crippen LogP contribution in [0.1, 0.15) is 36.5 Å². The van der Waals surface area contributed by atoms with E-state index in [4.69, 9.17) is 14.2 Å². The highest BCUT2D eigenvalue weighted by Gasteiger charge is 2.59. The van der Waals surface area contributed by atoms with Gasteiger partial charge in [-0.3, -0.25) is 0 Å². The summed E-state index contributed by atoms with van der Waals surface area (Å²) in [6.45, 7) is 2.81. The largest absolute Gasteiger partial charge is 0.527 e. The average Bonchev–Trinajstić information content (AvgIpc) is 3.44. The van der Waals surface area contributed by atoms with Crippen molar-refractivity contribution in [1.82, 2.24) is 0 Å². The average molecular weight is 608 g/mol. The molecule has 42 heavy (non-hydrogen) atoms. The lowest BCUT2D eigenvalue weighted by atomic mass is 10.0. The van der Waals surface area contributed by atoms with Gasteiger partial charge in [0.15, 0.2) is 0 Å². The second kappa shape index (κ2) is 10.4. The maximum Gasteiger partial charge on any atom is 0.527 e. The smallest absolute Gasteiger partial charge is 0.429 e. The van der Waals surface area contributed by atoms with Crippen LogP contribution in [0.25, 0.3) is 11.1 Å². The van der Waals surface area contributed by atoms with Gasteiger partial charge in [-0.15, -0.1) is 13.2 Å². The van der Waals surface area contributed by atoms with E-state index in [1.807, 2.05) is 6.92 Å². The first-order valence-corrected chi connectivity index (χ1v) is 12.5. The van der Waals surface area contributed by atoms with Crippen molar-refractivity contribution >= 4 is 0 Å². The second-order valence-electron chi connectivity index (χ2n) is 9.77. The molecule has 0 spiro atoms. The SMILES string of the molecule is CCCC12COC(c3ccc(-c4ccc(C(F)(F)Oc5cc(F)c(C(F)(F)OC(F)(F)F)c(F)c5)cc4)cc3)(OC1)O2. The molecular formula is C28H21F9O5. The minimum Gasteiger partial charge on any atom is -0.429 e. The van der Waals surface area contributed by atoms with E-state index >= 15 is 0 Å². The van der Waals surface area contributed by atoms with Gasteiger partial charge in [0.1, 0.15) is 28.5 Å². The molecule has 0 saturated carbocycles. The van der Waals surface area contributed by atoms with Gasteiger partial charge in [-0.2, -0.15) is 17.6 Å². The maximum atomic E-state index is 14.8. The lowest BCUT2D eigenvalue weighted by molar-refractivity contribution is -0.432. The predicted molar refractivity (Wildman–Crippen MR) is 126 cm³/mol. The van der Waals surface area contributed by atoms with Crippen LogP contribution in [0.3, 0.4) is 0 Å². The minimum absolute atomic E-state index is 0.104. The third-order valence-electron chi connectivity index (χ3n) is 6.70. The Bertz CT molecular complexity index is 1410. The number of ether oxygens (including phenoxy) is 5. The molecule has 14 heteroatoms. The molecule has 0 unspecified atom stereocenters. The molecule has 2 aliphatic heterocycles. The Morgan fingerprint density at radius 2 is 1.29 bits per heavy atom. The minimum atomic E-state index is -5.94. The van der Waals surface area contributed by atoms with E-state index in [0.29, 0.717) is 29.9 Å². The van der Waals surface area contributed by atoms with Gasteiger partial charge in [0, 0.05) is 17.7 Å². The molecule has 2 saturated heterocycles. The van der Waals surface area contributed by atoms with Gasteiger partial charge in [0.25, 0.3) is 0 Å². The Hall–Kier alpha value is -3.33. The summed E-state index contributed by atoms with van der Waals surface area (Å²) in [5.41, 5.74) is -1.93. The fourth-order valence-electron chi connectivity index (χ4n) is 4.83. The van der Waals surface area contributed by atoms with Crippen molar-refractivity contribution in [2.45, 2.75) is 49.9 Å². The third kappa shape index (κ3) is 5.80. The van der Waals surface area contributed by atoms with Crippen LogP contribution in [0.2, 0.25) is 0 Å². The van der Waals surface area contributed by atoms with Gasteiger partial charge in [-0.25, -0.2) is 13.5 Å². The van der Waals surface area contributed by atoms with Crippen molar-refractivity contribution in [3.63, 3.8) is 0 Å². The molecule has 0 aliphatic carbocycles. The van der Waals surface area contributed by atoms with Crippen LogP contribution in [-0.4, -0.2) is 25.2 Å². The number of hydrogen-bond acceptors (Lipinski definition) is 5. The first-order valence-electron chi connectivity index (χ1n) is 12.5. The van der Waals surface area contributed by atoms with Crippen molar-refractivity contribution < 1.29 is 63.2 Å². The van der Waals surface area contributed by atoms with Crippen LogP contribution in [-0.2, 0) is 37.1 Å². The van der Waals surface area contributed by atoms with E-state index in [1.54, 1.807) is 24.3 Å². The van der Waals surface area contributed by atoms with Gasteiger partial charge in [0.05, 0.1) is 18.8 Å². The number of rotatable bonds is 9. The van der Waals surface area contributed by atoms with Crippen LogP contribution in [0, 0.1) is 11.6 Å². The lowest BCUT2D eigenvalue weighted by Crippen LogP contribution is -2.35. The molecule has 2 bridgehead atoms. The first-order chi connectivity index (χ1) is 19.6. The number of halogens is 9. The predicted octanol–water partition coefficient (Wildman–Crippen LogP) is 8.07. The van der Waals surface area contributed by atoms with Crippen molar-refractivity contribution in [3.8, 4) is 16.9 Å². The molecule has 3 aromatic rings. The second-order valence-corrected chi connectivity index (χ2v) is 9.77. The summed E-state index contributed by atoms with van der Waals surface area (Å²) in [6, 6.07) is 11.2. The Kier molecular flexibility index (Phi) is 7.49. The molecule has 2 fully saturated rings. The molecule has 0 radical (unpaired) electrons. The summed E-state index contributed by atoms with van der Waals surface area (Å²) < 4.78 is 146. The summed E-state index contributed by atoms with van der Waals surface area (Å²) in [4.78, 5) is 0. The Balaban J connectivity index is 1.29. The third-order valence-corrected chi connectivity index (χ3v) is 6.70. The molecule has 0 atom stereocenters. The van der Waals surface area contributed by atoms with E-state index in [2.05, 4.69) is 9.47 Å². The van der Waals surface area contributed by atoms with Crippen LogP contribution in [0.4, 0.5) is 39.5 Å². The summed E-state index contributed by atoms with van der Waals surface area (Å²) in [6.07, 6.45) is -14.0. The number of benzene rings is 3. The summed E-state index contributed by atoms with van der Waals surface area (Å²) in [5, 5.41) is 0. The molecule has 2 aliphatic rings. The number of hydrogen-bond donors (Lipinski definition) is 0. The van der Waals surface area contributed by atoms with E-state index in [1.165, 1.54) is 12.1 Å². The zero-order valence-electron chi connectivity index (χ0n) is 21.5. The topological polar surface area (TPSA) is 46.2 Å². The van der Waals surface area contributed by atoms with Gasteiger partial charge in [-0.1, -0.05) is 49.7 Å². The van der Waals surface area contributed by atoms with Crippen LogP contribution < -0.4 is 4.74 Å². The molecule has 0 aromatic heterocycles. The van der Waals surface area contributed by atoms with Gasteiger partial charge < -0.3 is 18.9 Å². The van der Waals surface area contributed by atoms with Crippen molar-refractivity contribution in [2.75, 3.05) is 13.2 Å². The zero-order chi connectivity index (χ0) is 30.6. The van der Waals surface area contributed by atoms with E-state index in [0.717, 1.165) is 25.0 Å². The molecular weight excluding hydrogens is 587 g/mol. The van der Waals surface area contributed by atoms with Crippen LogP contribution in [0.5, 0.6) is 5.75 Å². The maximum absolute atomic E-state index is 14.8.